The van der Waals surface area contributed by atoms with Crippen LogP contribution in [-0.2, 0) is 12.8 Å². The molecule has 0 bridgehead atoms. The molecule has 1 unspecified atom stereocenters. The Labute approximate surface area is 127 Å². The molecular weight excluding hydrogens is 319 g/mol. The zero-order valence-electron chi connectivity index (χ0n) is 11.4. The minimum atomic E-state index is -0.257. The normalized spacial score (nSPS) is 12.4. The van der Waals surface area contributed by atoms with Crippen molar-refractivity contribution < 1.29 is 9.50 Å². The number of hydrogen-bond donors (Lipinski definition) is 1. The summed E-state index contributed by atoms with van der Waals surface area (Å²) in [7, 11) is 0. The molecule has 0 aromatic heterocycles. The maximum Gasteiger partial charge on any atom is 0.137 e. The van der Waals surface area contributed by atoms with Crippen LogP contribution in [0, 0.1) is 18.7 Å². The van der Waals surface area contributed by atoms with Crippen molar-refractivity contribution in [1.82, 2.24) is 0 Å². The number of hydrogen-bond acceptors (Lipinski definition) is 1. The predicted molar refractivity (Wildman–Crippen MR) is 83.3 cm³/mol. The number of aliphatic hydroxyl groups is 1. The van der Waals surface area contributed by atoms with Crippen molar-refractivity contribution in [1.29, 1.82) is 0 Å². The van der Waals surface area contributed by atoms with Crippen molar-refractivity contribution in [2.45, 2.75) is 19.8 Å². The molecule has 20 heavy (non-hydrogen) atoms. The molecule has 3 heteroatoms. The average molecular weight is 337 g/mol. The molecule has 0 saturated heterocycles. The first-order valence-corrected chi connectivity index (χ1v) is 7.48. The van der Waals surface area contributed by atoms with Crippen molar-refractivity contribution in [3.63, 3.8) is 0 Å². The monoisotopic (exact) mass is 336 g/mol. The van der Waals surface area contributed by atoms with E-state index in [2.05, 4.69) is 47.1 Å². The molecule has 1 atom stereocenters. The van der Waals surface area contributed by atoms with Gasteiger partial charge in [0.05, 0.1) is 4.47 Å². The smallest absolute Gasteiger partial charge is 0.137 e. The number of aliphatic hydroxyl groups excluding tert-OH is 1. The van der Waals surface area contributed by atoms with Gasteiger partial charge in [-0.25, -0.2) is 4.39 Å². The molecule has 2 aromatic carbocycles. The van der Waals surface area contributed by atoms with Crippen molar-refractivity contribution in [3.8, 4) is 0 Å². The van der Waals surface area contributed by atoms with Crippen LogP contribution in [0.5, 0.6) is 0 Å². The van der Waals surface area contributed by atoms with Crippen LogP contribution in [0.15, 0.2) is 46.9 Å². The maximum atomic E-state index is 13.2. The second-order valence-corrected chi connectivity index (χ2v) is 6.05. The molecule has 2 aromatic rings. The van der Waals surface area contributed by atoms with Gasteiger partial charge in [0, 0.05) is 6.61 Å². The van der Waals surface area contributed by atoms with Crippen molar-refractivity contribution in [3.05, 3.63) is 69.4 Å². The van der Waals surface area contributed by atoms with Crippen LogP contribution in [0.3, 0.4) is 0 Å². The van der Waals surface area contributed by atoms with E-state index >= 15 is 0 Å². The molecule has 0 heterocycles. The molecule has 2 rings (SSSR count). The van der Waals surface area contributed by atoms with E-state index in [4.69, 9.17) is 0 Å². The zero-order chi connectivity index (χ0) is 14.5. The van der Waals surface area contributed by atoms with Crippen LogP contribution in [0.4, 0.5) is 4.39 Å². The molecule has 0 aliphatic carbocycles. The minimum absolute atomic E-state index is 0.128. The Bertz CT molecular complexity index is 566. The van der Waals surface area contributed by atoms with Gasteiger partial charge in [-0.2, -0.15) is 0 Å². The van der Waals surface area contributed by atoms with Crippen LogP contribution in [-0.4, -0.2) is 11.7 Å². The lowest BCUT2D eigenvalue weighted by Crippen LogP contribution is -2.13. The van der Waals surface area contributed by atoms with Crippen LogP contribution >= 0.6 is 15.9 Å². The standard InChI is InChI=1S/C17H18BrFO/c1-12-2-4-13(5-3-12)8-15(11-20)9-14-6-7-17(19)16(18)10-14/h2-7,10,15,20H,8-9,11H2,1H3. The molecule has 0 spiro atoms. The van der Waals surface area contributed by atoms with E-state index in [1.54, 1.807) is 12.1 Å². The Morgan fingerprint density at radius 2 is 1.65 bits per heavy atom. The fourth-order valence-electron chi connectivity index (χ4n) is 2.26. The molecule has 0 radical (unpaired) electrons. The summed E-state index contributed by atoms with van der Waals surface area (Å²) in [5.41, 5.74) is 3.48. The van der Waals surface area contributed by atoms with Gasteiger partial charge in [-0.15, -0.1) is 0 Å². The van der Waals surface area contributed by atoms with Gasteiger partial charge in [-0.1, -0.05) is 35.9 Å². The molecule has 0 amide bonds. The van der Waals surface area contributed by atoms with E-state index in [0.29, 0.717) is 4.47 Å². The number of halogens is 2. The largest absolute Gasteiger partial charge is 0.396 e. The summed E-state index contributed by atoms with van der Waals surface area (Å²) in [5.74, 6) is -0.108. The second-order valence-electron chi connectivity index (χ2n) is 5.19. The van der Waals surface area contributed by atoms with Crippen molar-refractivity contribution in [2.24, 2.45) is 5.92 Å². The first-order valence-electron chi connectivity index (χ1n) is 6.69. The fraction of sp³-hybridized carbons (Fsp3) is 0.294. The van der Waals surface area contributed by atoms with Gasteiger partial charge < -0.3 is 5.11 Å². The third-order valence-corrected chi connectivity index (χ3v) is 4.02. The first kappa shape index (κ1) is 15.2. The molecule has 1 N–H and O–H groups in total. The summed E-state index contributed by atoms with van der Waals surface area (Å²) in [6.07, 6.45) is 1.56. The Morgan fingerprint density at radius 3 is 2.25 bits per heavy atom. The maximum absolute atomic E-state index is 13.2. The Hall–Kier alpha value is -1.19. The third-order valence-electron chi connectivity index (χ3n) is 3.41. The Kier molecular flexibility index (Phi) is 5.32. The Balaban J connectivity index is 2.04. The lowest BCUT2D eigenvalue weighted by Gasteiger charge is -2.15. The first-order chi connectivity index (χ1) is 9.58. The summed E-state index contributed by atoms with van der Waals surface area (Å²) in [6.45, 7) is 2.19. The van der Waals surface area contributed by atoms with Crippen LogP contribution < -0.4 is 0 Å². The molecule has 0 saturated carbocycles. The quantitative estimate of drug-likeness (QED) is 0.863. The van der Waals surface area contributed by atoms with Gasteiger partial charge in [0.1, 0.15) is 5.82 Å². The summed E-state index contributed by atoms with van der Waals surface area (Å²) < 4.78 is 13.7. The van der Waals surface area contributed by atoms with Gasteiger partial charge in [0.2, 0.25) is 0 Å². The zero-order valence-corrected chi connectivity index (χ0v) is 13.0. The highest BCUT2D eigenvalue weighted by Crippen LogP contribution is 2.20. The van der Waals surface area contributed by atoms with Crippen LogP contribution in [0.1, 0.15) is 16.7 Å². The van der Waals surface area contributed by atoms with E-state index in [9.17, 15) is 9.50 Å². The van der Waals surface area contributed by atoms with Crippen molar-refractivity contribution >= 4 is 15.9 Å². The van der Waals surface area contributed by atoms with Crippen LogP contribution in [0.25, 0.3) is 0 Å². The van der Waals surface area contributed by atoms with Gasteiger partial charge in [-0.05, 0) is 64.9 Å². The van der Waals surface area contributed by atoms with E-state index in [1.165, 1.54) is 17.2 Å². The minimum Gasteiger partial charge on any atom is -0.396 e. The van der Waals surface area contributed by atoms with E-state index in [0.717, 1.165) is 18.4 Å². The summed E-state index contributed by atoms with van der Waals surface area (Å²) in [5, 5.41) is 9.54. The van der Waals surface area contributed by atoms with Gasteiger partial charge in [-0.3, -0.25) is 0 Å². The van der Waals surface area contributed by atoms with E-state index < -0.39 is 0 Å². The average Bonchev–Trinajstić information content (AvgIpc) is 2.44. The third kappa shape index (κ3) is 4.15. The highest BCUT2D eigenvalue weighted by molar-refractivity contribution is 9.10. The Morgan fingerprint density at radius 1 is 1.05 bits per heavy atom. The highest BCUT2D eigenvalue weighted by Gasteiger charge is 2.11. The summed E-state index contributed by atoms with van der Waals surface area (Å²) in [4.78, 5) is 0. The second kappa shape index (κ2) is 7.00. The highest BCUT2D eigenvalue weighted by atomic mass is 79.9. The topological polar surface area (TPSA) is 20.2 Å². The molecule has 0 fully saturated rings. The van der Waals surface area contributed by atoms with Gasteiger partial charge >= 0.3 is 0 Å². The van der Waals surface area contributed by atoms with Crippen LogP contribution in [0.2, 0.25) is 0 Å². The SMILES string of the molecule is Cc1ccc(CC(CO)Cc2ccc(F)c(Br)c2)cc1. The van der Waals surface area contributed by atoms with Gasteiger partial charge in [0.25, 0.3) is 0 Å². The summed E-state index contributed by atoms with van der Waals surface area (Å²) >= 11 is 3.20. The van der Waals surface area contributed by atoms with E-state index in [1.807, 2.05) is 0 Å². The van der Waals surface area contributed by atoms with E-state index in [-0.39, 0.29) is 18.3 Å². The lowest BCUT2D eigenvalue weighted by molar-refractivity contribution is 0.225. The molecular formula is C17H18BrFO. The molecule has 0 aliphatic rings. The lowest BCUT2D eigenvalue weighted by atomic mass is 9.93. The molecule has 1 nitrogen and oxygen atoms in total. The fourth-order valence-corrected chi connectivity index (χ4v) is 2.68. The molecule has 106 valence electrons. The predicted octanol–water partition coefficient (Wildman–Crippen LogP) is 4.29. The number of benzene rings is 2. The van der Waals surface area contributed by atoms with Crippen molar-refractivity contribution in [2.75, 3.05) is 6.61 Å². The molecule has 0 aliphatic heterocycles. The van der Waals surface area contributed by atoms with Gasteiger partial charge in [0.15, 0.2) is 0 Å². The summed E-state index contributed by atoms with van der Waals surface area (Å²) in [6, 6.07) is 13.4. The number of rotatable bonds is 5. The number of aryl methyl sites for hydroxylation is 1.